The van der Waals surface area contributed by atoms with E-state index in [2.05, 4.69) is 10.3 Å². The fourth-order valence-corrected chi connectivity index (χ4v) is 2.58. The van der Waals surface area contributed by atoms with E-state index >= 15 is 0 Å². The highest BCUT2D eigenvalue weighted by molar-refractivity contribution is 6.01. The number of aryl methyl sites for hydroxylation is 1. The maximum absolute atomic E-state index is 11.9. The Hall–Kier alpha value is -3.60. The van der Waals surface area contributed by atoms with Gasteiger partial charge in [-0.1, -0.05) is 6.07 Å². The Morgan fingerprint density at radius 3 is 2.73 bits per heavy atom. The number of nitrogens with one attached hydrogen (secondary N) is 1. The van der Waals surface area contributed by atoms with E-state index in [0.717, 1.165) is 22.2 Å². The Bertz CT molecular complexity index is 1070. The van der Waals surface area contributed by atoms with E-state index in [-0.39, 0.29) is 5.91 Å². The number of rotatable bonds is 4. The van der Waals surface area contributed by atoms with Crippen molar-refractivity contribution in [3.63, 3.8) is 0 Å². The lowest BCUT2D eigenvalue weighted by Gasteiger charge is -2.02. The number of benzene rings is 2. The monoisotopic (exact) mass is 344 g/mol. The van der Waals surface area contributed by atoms with Crippen molar-refractivity contribution in [1.29, 1.82) is 0 Å². The largest absolute Gasteiger partial charge is 0.465 e. The van der Waals surface area contributed by atoms with Crippen LogP contribution in [0.3, 0.4) is 0 Å². The lowest BCUT2D eigenvalue weighted by Crippen LogP contribution is -2.07. The average Bonchev–Trinajstić information content (AvgIpc) is 3.29. The van der Waals surface area contributed by atoms with Gasteiger partial charge in [0, 0.05) is 17.3 Å². The highest BCUT2D eigenvalue weighted by Gasteiger charge is 2.08. The first-order chi connectivity index (χ1) is 12.7. The van der Waals surface area contributed by atoms with Crippen molar-refractivity contribution in [2.75, 3.05) is 5.32 Å². The minimum Gasteiger partial charge on any atom is -0.465 e. The molecule has 0 aliphatic rings. The van der Waals surface area contributed by atoms with E-state index in [4.69, 9.17) is 8.83 Å². The van der Waals surface area contributed by atoms with Gasteiger partial charge in [0.1, 0.15) is 11.3 Å². The highest BCUT2D eigenvalue weighted by Crippen LogP contribution is 2.26. The van der Waals surface area contributed by atoms with Gasteiger partial charge < -0.3 is 14.2 Å². The molecule has 0 aliphatic heterocycles. The molecule has 26 heavy (non-hydrogen) atoms. The van der Waals surface area contributed by atoms with Crippen LogP contribution in [0.1, 0.15) is 11.3 Å². The first-order valence-corrected chi connectivity index (χ1v) is 8.17. The number of anilines is 1. The van der Waals surface area contributed by atoms with Crippen molar-refractivity contribution in [2.45, 2.75) is 6.92 Å². The molecule has 1 N–H and O–H groups in total. The van der Waals surface area contributed by atoms with Gasteiger partial charge >= 0.3 is 0 Å². The normalized spacial score (nSPS) is 11.3. The zero-order valence-corrected chi connectivity index (χ0v) is 14.1. The predicted octanol–water partition coefficient (Wildman–Crippen LogP) is 5.05. The summed E-state index contributed by atoms with van der Waals surface area (Å²) in [5.41, 5.74) is 4.25. The third kappa shape index (κ3) is 3.42. The third-order valence-corrected chi connectivity index (χ3v) is 3.89. The number of amides is 1. The molecule has 2 heterocycles. The van der Waals surface area contributed by atoms with Gasteiger partial charge in [-0.3, -0.25) is 4.79 Å². The highest BCUT2D eigenvalue weighted by atomic mass is 16.3. The number of oxazole rings is 1. The van der Waals surface area contributed by atoms with E-state index in [9.17, 15) is 4.79 Å². The molecule has 0 fully saturated rings. The average molecular weight is 344 g/mol. The van der Waals surface area contributed by atoms with Gasteiger partial charge in [0.15, 0.2) is 5.58 Å². The molecule has 4 aromatic rings. The molecule has 4 rings (SSSR count). The maximum Gasteiger partial charge on any atom is 0.248 e. The van der Waals surface area contributed by atoms with Crippen LogP contribution in [0.2, 0.25) is 0 Å². The molecule has 0 radical (unpaired) electrons. The summed E-state index contributed by atoms with van der Waals surface area (Å²) < 4.78 is 11.0. The fraction of sp³-hybridized carbons (Fsp3) is 0.0476. The van der Waals surface area contributed by atoms with Crippen molar-refractivity contribution < 1.29 is 13.6 Å². The number of aromatic nitrogens is 1. The molecule has 0 saturated carbocycles. The third-order valence-electron chi connectivity index (χ3n) is 3.89. The van der Waals surface area contributed by atoms with E-state index in [1.54, 1.807) is 24.5 Å². The van der Waals surface area contributed by atoms with E-state index < -0.39 is 0 Å². The second kappa shape index (κ2) is 6.72. The molecule has 0 atom stereocenters. The predicted molar refractivity (Wildman–Crippen MR) is 101 cm³/mol. The molecule has 0 spiro atoms. The molecule has 0 aliphatic carbocycles. The summed E-state index contributed by atoms with van der Waals surface area (Å²) in [4.78, 5) is 16.4. The Labute approximate surface area is 150 Å². The van der Waals surface area contributed by atoms with Crippen LogP contribution in [0.4, 0.5) is 5.69 Å². The first kappa shape index (κ1) is 15.9. The molecule has 128 valence electrons. The molecule has 0 unspecified atom stereocenters. The summed E-state index contributed by atoms with van der Waals surface area (Å²) in [6.45, 7) is 2.01. The lowest BCUT2D eigenvalue weighted by molar-refractivity contribution is -0.111. The van der Waals surface area contributed by atoms with Crippen molar-refractivity contribution in [3.8, 4) is 11.5 Å². The summed E-state index contributed by atoms with van der Waals surface area (Å²) in [7, 11) is 0. The molecule has 2 aromatic heterocycles. The van der Waals surface area contributed by atoms with Crippen molar-refractivity contribution in [3.05, 3.63) is 78.3 Å². The number of nitrogens with zero attached hydrogens (tertiary/aromatic N) is 1. The maximum atomic E-state index is 11.9. The number of carbonyl (C=O) groups excluding carboxylic acids is 1. The van der Waals surface area contributed by atoms with Gasteiger partial charge in [-0.2, -0.15) is 0 Å². The second-order valence-corrected chi connectivity index (χ2v) is 5.91. The van der Waals surface area contributed by atoms with Crippen LogP contribution >= 0.6 is 0 Å². The minimum absolute atomic E-state index is 0.230. The number of hydrogen-bond donors (Lipinski definition) is 1. The van der Waals surface area contributed by atoms with Crippen LogP contribution in [0, 0.1) is 6.92 Å². The topological polar surface area (TPSA) is 68.3 Å². The van der Waals surface area contributed by atoms with Gasteiger partial charge in [0.2, 0.25) is 11.8 Å². The first-order valence-electron chi connectivity index (χ1n) is 8.17. The van der Waals surface area contributed by atoms with E-state index in [1.165, 1.54) is 6.08 Å². The Balaban J connectivity index is 1.48. The lowest BCUT2D eigenvalue weighted by atomic mass is 10.2. The van der Waals surface area contributed by atoms with Gasteiger partial charge in [0.05, 0.1) is 6.26 Å². The van der Waals surface area contributed by atoms with Crippen LogP contribution in [0.15, 0.2) is 75.8 Å². The van der Waals surface area contributed by atoms with E-state index in [0.29, 0.717) is 17.3 Å². The summed E-state index contributed by atoms with van der Waals surface area (Å²) in [5, 5.41) is 2.80. The van der Waals surface area contributed by atoms with Crippen LogP contribution in [-0.2, 0) is 4.79 Å². The van der Waals surface area contributed by atoms with Gasteiger partial charge in [-0.05, 0) is 67.1 Å². The molecule has 5 nitrogen and oxygen atoms in total. The van der Waals surface area contributed by atoms with Crippen LogP contribution in [0.25, 0.3) is 28.6 Å². The Morgan fingerprint density at radius 1 is 1.12 bits per heavy atom. The van der Waals surface area contributed by atoms with Crippen molar-refractivity contribution in [2.24, 2.45) is 0 Å². The minimum atomic E-state index is -0.230. The SMILES string of the molecule is Cc1ccc2nc(-c3ccc(NC(=O)/C=C/c4ccco4)cc3)oc2c1. The quantitative estimate of drug-likeness (QED) is 0.526. The summed E-state index contributed by atoms with van der Waals surface area (Å²) in [5.74, 6) is 0.953. The van der Waals surface area contributed by atoms with Gasteiger partial charge in [-0.25, -0.2) is 4.98 Å². The van der Waals surface area contributed by atoms with Crippen LogP contribution in [0.5, 0.6) is 0 Å². The number of carbonyl (C=O) groups is 1. The van der Waals surface area contributed by atoms with Crippen molar-refractivity contribution >= 4 is 28.8 Å². The summed E-state index contributed by atoms with van der Waals surface area (Å²) in [6, 6.07) is 16.8. The number of hydrogen-bond acceptors (Lipinski definition) is 4. The standard InChI is InChI=1S/C21H16N2O3/c1-14-4-10-18-19(13-14)26-21(23-18)15-5-7-16(8-6-15)22-20(24)11-9-17-3-2-12-25-17/h2-13H,1H3,(H,22,24)/b11-9+. The zero-order valence-electron chi connectivity index (χ0n) is 14.1. The molecular weight excluding hydrogens is 328 g/mol. The van der Waals surface area contributed by atoms with Gasteiger partial charge in [-0.15, -0.1) is 0 Å². The molecule has 5 heteroatoms. The number of fused-ring (bicyclic) bond motifs is 1. The Kier molecular flexibility index (Phi) is 4.11. The zero-order chi connectivity index (χ0) is 17.9. The molecule has 2 aromatic carbocycles. The number of furan rings is 1. The van der Waals surface area contributed by atoms with E-state index in [1.807, 2.05) is 49.4 Å². The van der Waals surface area contributed by atoms with Crippen LogP contribution < -0.4 is 5.32 Å². The Morgan fingerprint density at radius 2 is 1.96 bits per heavy atom. The summed E-state index contributed by atoms with van der Waals surface area (Å²) >= 11 is 0. The van der Waals surface area contributed by atoms with Crippen LogP contribution in [-0.4, -0.2) is 10.9 Å². The summed E-state index contributed by atoms with van der Waals surface area (Å²) in [6.07, 6.45) is 4.60. The molecule has 1 amide bonds. The molecule has 0 saturated heterocycles. The molecular formula is C21H16N2O3. The fourth-order valence-electron chi connectivity index (χ4n) is 2.58. The van der Waals surface area contributed by atoms with Crippen molar-refractivity contribution in [1.82, 2.24) is 4.98 Å². The smallest absolute Gasteiger partial charge is 0.248 e. The second-order valence-electron chi connectivity index (χ2n) is 5.91. The molecule has 0 bridgehead atoms. The van der Waals surface area contributed by atoms with Gasteiger partial charge in [0.25, 0.3) is 0 Å².